The molecule has 1 aliphatic carbocycles. The summed E-state index contributed by atoms with van der Waals surface area (Å²) in [7, 11) is 0. The number of unbranched alkanes of at least 4 members (excludes halogenated alkanes) is 1. The van der Waals surface area contributed by atoms with Gasteiger partial charge in [-0.05, 0) is 51.6 Å². The fourth-order valence-electron chi connectivity index (χ4n) is 2.42. The molecular weight excluding hydrogens is 238 g/mol. The van der Waals surface area contributed by atoms with Crippen molar-refractivity contribution in [1.82, 2.24) is 5.32 Å². The minimum absolute atomic E-state index is 0.205. The fraction of sp³-hybridized carbons (Fsp3) is 0.800. The van der Waals surface area contributed by atoms with E-state index >= 15 is 0 Å². The van der Waals surface area contributed by atoms with Crippen LogP contribution in [0.25, 0.3) is 0 Å². The Kier molecular flexibility index (Phi) is 6.92. The Morgan fingerprint density at radius 3 is 2.84 bits per heavy atom. The van der Waals surface area contributed by atoms with Crippen LogP contribution in [0.2, 0.25) is 0 Å². The number of hydrogen-bond donors (Lipinski definition) is 3. The highest BCUT2D eigenvalue weighted by Gasteiger charge is 2.22. The molecule has 0 saturated carbocycles. The smallest absolute Gasteiger partial charge is 0.144 e. The molecule has 0 fully saturated rings. The molecule has 1 rings (SSSR count). The van der Waals surface area contributed by atoms with Crippen LogP contribution < -0.4 is 11.1 Å². The summed E-state index contributed by atoms with van der Waals surface area (Å²) in [6.07, 6.45) is 10.7. The van der Waals surface area contributed by atoms with Gasteiger partial charge in [-0.2, -0.15) is 0 Å². The van der Waals surface area contributed by atoms with Crippen LogP contribution in [0.5, 0.6) is 0 Å². The highest BCUT2D eigenvalue weighted by molar-refractivity contribution is 5.85. The van der Waals surface area contributed by atoms with Crippen LogP contribution in [0.15, 0.2) is 16.8 Å². The molecule has 19 heavy (non-hydrogen) atoms. The molecule has 1 aliphatic rings. The molecule has 0 amide bonds. The maximum atomic E-state index is 8.69. The number of amidine groups is 1. The van der Waals surface area contributed by atoms with E-state index in [-0.39, 0.29) is 5.41 Å². The van der Waals surface area contributed by atoms with Gasteiger partial charge in [0.2, 0.25) is 0 Å². The lowest BCUT2D eigenvalue weighted by Crippen LogP contribution is -2.32. The van der Waals surface area contributed by atoms with Gasteiger partial charge in [0.1, 0.15) is 5.84 Å². The normalized spacial score (nSPS) is 16.7. The number of rotatable bonds is 9. The third kappa shape index (κ3) is 6.10. The Morgan fingerprint density at radius 2 is 2.21 bits per heavy atom. The third-order valence-corrected chi connectivity index (χ3v) is 3.96. The molecule has 0 heterocycles. The Hall–Kier alpha value is -1.03. The van der Waals surface area contributed by atoms with Gasteiger partial charge < -0.3 is 16.3 Å². The number of hydrogen-bond acceptors (Lipinski definition) is 3. The van der Waals surface area contributed by atoms with Crippen LogP contribution in [-0.4, -0.2) is 24.1 Å². The van der Waals surface area contributed by atoms with Crippen LogP contribution in [0.1, 0.15) is 58.8 Å². The molecule has 0 spiro atoms. The fourth-order valence-corrected chi connectivity index (χ4v) is 2.42. The van der Waals surface area contributed by atoms with E-state index < -0.39 is 0 Å². The summed E-state index contributed by atoms with van der Waals surface area (Å²) in [5.74, 6) is 0.327. The zero-order valence-corrected chi connectivity index (χ0v) is 12.4. The van der Waals surface area contributed by atoms with Crippen molar-refractivity contribution in [3.8, 4) is 0 Å². The third-order valence-electron chi connectivity index (χ3n) is 3.96. The average molecular weight is 267 g/mol. The summed E-state index contributed by atoms with van der Waals surface area (Å²) < 4.78 is 0. The molecule has 0 aromatic rings. The first-order valence-electron chi connectivity index (χ1n) is 7.43. The van der Waals surface area contributed by atoms with E-state index in [4.69, 9.17) is 10.9 Å². The van der Waals surface area contributed by atoms with Crippen molar-refractivity contribution in [3.63, 3.8) is 0 Å². The number of nitrogens with zero attached hydrogens (tertiary/aromatic N) is 1. The second-order valence-electron chi connectivity index (χ2n) is 6.08. The molecule has 0 atom stereocenters. The van der Waals surface area contributed by atoms with E-state index in [0.29, 0.717) is 5.84 Å². The molecule has 0 aromatic carbocycles. The highest BCUT2D eigenvalue weighted by Crippen LogP contribution is 2.23. The second-order valence-corrected chi connectivity index (χ2v) is 6.08. The Balaban J connectivity index is 1.99. The quantitative estimate of drug-likeness (QED) is 0.150. The van der Waals surface area contributed by atoms with E-state index in [9.17, 15) is 0 Å². The molecule has 0 radical (unpaired) electrons. The number of nitrogens with two attached hydrogens (primary N) is 1. The predicted molar refractivity (Wildman–Crippen MR) is 80.5 cm³/mol. The van der Waals surface area contributed by atoms with Crippen molar-refractivity contribution in [3.05, 3.63) is 11.6 Å². The van der Waals surface area contributed by atoms with Gasteiger partial charge in [-0.1, -0.05) is 37.1 Å². The van der Waals surface area contributed by atoms with E-state index in [2.05, 4.69) is 16.5 Å². The lowest BCUT2D eigenvalue weighted by molar-refractivity contribution is 0.304. The summed E-state index contributed by atoms with van der Waals surface area (Å²) in [4.78, 5) is 0. The summed E-state index contributed by atoms with van der Waals surface area (Å²) >= 11 is 0. The zero-order valence-electron chi connectivity index (χ0n) is 12.4. The molecule has 4 heteroatoms. The van der Waals surface area contributed by atoms with Gasteiger partial charge in [0.25, 0.3) is 0 Å². The van der Waals surface area contributed by atoms with Crippen molar-refractivity contribution in [1.29, 1.82) is 0 Å². The van der Waals surface area contributed by atoms with Crippen LogP contribution in [0.3, 0.4) is 0 Å². The number of allylic oxidation sites excluding steroid dienone is 1. The van der Waals surface area contributed by atoms with E-state index in [1.165, 1.54) is 25.7 Å². The molecule has 4 N–H and O–H groups in total. The van der Waals surface area contributed by atoms with Crippen molar-refractivity contribution >= 4 is 5.84 Å². The molecule has 0 saturated heterocycles. The first-order valence-corrected chi connectivity index (χ1v) is 7.43. The van der Waals surface area contributed by atoms with Crippen LogP contribution in [0.4, 0.5) is 0 Å². The van der Waals surface area contributed by atoms with Gasteiger partial charge in [-0.3, -0.25) is 0 Å². The van der Waals surface area contributed by atoms with Crippen molar-refractivity contribution in [2.75, 3.05) is 13.1 Å². The van der Waals surface area contributed by atoms with Crippen molar-refractivity contribution in [2.24, 2.45) is 16.3 Å². The predicted octanol–water partition coefficient (Wildman–Crippen LogP) is 3.02. The van der Waals surface area contributed by atoms with Crippen molar-refractivity contribution in [2.45, 2.75) is 58.8 Å². The average Bonchev–Trinajstić information content (AvgIpc) is 2.89. The summed E-state index contributed by atoms with van der Waals surface area (Å²) in [6, 6.07) is 0. The molecule has 0 aromatic heterocycles. The highest BCUT2D eigenvalue weighted by atomic mass is 16.4. The topological polar surface area (TPSA) is 70.6 Å². The Bertz CT molecular complexity index is 321. The number of nitrogens with one attached hydrogen (secondary N) is 1. The minimum atomic E-state index is -0.205. The minimum Gasteiger partial charge on any atom is -0.409 e. The lowest BCUT2D eigenvalue weighted by atomic mass is 9.86. The van der Waals surface area contributed by atoms with E-state index in [1.54, 1.807) is 5.57 Å². The van der Waals surface area contributed by atoms with Gasteiger partial charge in [-0.25, -0.2) is 0 Å². The molecule has 110 valence electrons. The van der Waals surface area contributed by atoms with E-state index in [1.807, 2.05) is 13.8 Å². The lowest BCUT2D eigenvalue weighted by Gasteiger charge is -2.22. The zero-order chi connectivity index (χ0) is 14.1. The Morgan fingerprint density at radius 1 is 1.42 bits per heavy atom. The first-order chi connectivity index (χ1) is 9.06. The molecule has 0 bridgehead atoms. The van der Waals surface area contributed by atoms with Crippen LogP contribution >= 0.6 is 0 Å². The SMILES string of the molecule is CC(C)(CCCCNCCC1=CCCC1)C(N)=NO. The molecular formula is C15H29N3O. The molecule has 0 unspecified atom stereocenters. The van der Waals surface area contributed by atoms with E-state index in [0.717, 1.165) is 32.4 Å². The first kappa shape index (κ1) is 16.0. The summed E-state index contributed by atoms with van der Waals surface area (Å²) in [6.45, 7) is 6.18. The van der Waals surface area contributed by atoms with Gasteiger partial charge in [0.15, 0.2) is 0 Å². The Labute approximate surface area is 117 Å². The van der Waals surface area contributed by atoms with Crippen LogP contribution in [-0.2, 0) is 0 Å². The van der Waals surface area contributed by atoms with Gasteiger partial charge >= 0.3 is 0 Å². The summed E-state index contributed by atoms with van der Waals surface area (Å²) in [5.41, 5.74) is 7.08. The maximum Gasteiger partial charge on any atom is 0.144 e. The monoisotopic (exact) mass is 267 g/mol. The van der Waals surface area contributed by atoms with Crippen LogP contribution in [0, 0.1) is 5.41 Å². The standard InChI is InChI=1S/C15H29N3O/c1-15(2,14(16)18-19)10-5-6-11-17-12-9-13-7-3-4-8-13/h7,17,19H,3-6,8-12H2,1-2H3,(H2,16,18). The van der Waals surface area contributed by atoms with Gasteiger partial charge in [0, 0.05) is 5.41 Å². The van der Waals surface area contributed by atoms with Gasteiger partial charge in [0.05, 0.1) is 0 Å². The summed E-state index contributed by atoms with van der Waals surface area (Å²) in [5, 5.41) is 15.3. The second kappa shape index (κ2) is 8.20. The van der Waals surface area contributed by atoms with Gasteiger partial charge in [-0.15, -0.1) is 0 Å². The molecule has 0 aliphatic heterocycles. The number of oxime groups is 1. The largest absolute Gasteiger partial charge is 0.409 e. The molecule has 4 nitrogen and oxygen atoms in total. The van der Waals surface area contributed by atoms with Crippen molar-refractivity contribution < 1.29 is 5.21 Å². The maximum absolute atomic E-state index is 8.69.